The van der Waals surface area contributed by atoms with Crippen LogP contribution in [0.25, 0.3) is 38.2 Å². The van der Waals surface area contributed by atoms with Crippen LogP contribution >= 0.6 is 11.3 Å². The zero-order valence-electron chi connectivity index (χ0n) is 15.4. The monoisotopic (exact) mass is 373 g/mol. The van der Waals surface area contributed by atoms with E-state index in [-0.39, 0.29) is 0 Å². The fraction of sp³-hybridized carbons (Fsp3) is 0.286. The lowest BCUT2D eigenvalue weighted by atomic mass is 10.1. The number of aromatic nitrogens is 5. The first kappa shape index (κ1) is 15.3. The number of aryl methyl sites for hydroxylation is 4. The minimum Gasteiger partial charge on any atom is -0.347 e. The van der Waals surface area contributed by atoms with E-state index in [0.717, 1.165) is 40.7 Å². The van der Waals surface area contributed by atoms with E-state index in [1.165, 1.54) is 39.6 Å². The summed E-state index contributed by atoms with van der Waals surface area (Å²) in [6.45, 7) is 5.11. The lowest BCUT2D eigenvalue weighted by Gasteiger charge is -1.99. The average Bonchev–Trinajstić information content (AvgIpc) is 3.42. The quantitative estimate of drug-likeness (QED) is 0.447. The Kier molecular flexibility index (Phi) is 3.06. The minimum atomic E-state index is 0.786. The van der Waals surface area contributed by atoms with Gasteiger partial charge in [-0.25, -0.2) is 9.97 Å². The van der Waals surface area contributed by atoms with Crippen LogP contribution in [0.15, 0.2) is 30.5 Å². The molecule has 1 aliphatic carbocycles. The summed E-state index contributed by atoms with van der Waals surface area (Å²) in [4.78, 5) is 12.5. The second-order valence-electron chi connectivity index (χ2n) is 7.21. The van der Waals surface area contributed by atoms with E-state index in [0.29, 0.717) is 0 Å². The molecular formula is C21H19N5S. The molecule has 0 bridgehead atoms. The van der Waals surface area contributed by atoms with Gasteiger partial charge in [-0.15, -0.1) is 16.4 Å². The maximum absolute atomic E-state index is 5.02. The van der Waals surface area contributed by atoms with Gasteiger partial charge < -0.3 is 4.57 Å². The highest BCUT2D eigenvalue weighted by Crippen LogP contribution is 2.39. The first-order valence-electron chi connectivity index (χ1n) is 9.50. The molecule has 1 aromatic carbocycles. The molecule has 5 nitrogen and oxygen atoms in total. The maximum Gasteiger partial charge on any atom is 0.184 e. The Labute approximate surface area is 160 Å². The van der Waals surface area contributed by atoms with Crippen molar-refractivity contribution in [3.05, 3.63) is 46.7 Å². The third kappa shape index (κ3) is 2.02. The van der Waals surface area contributed by atoms with Crippen LogP contribution < -0.4 is 0 Å². The molecule has 0 saturated heterocycles. The predicted molar refractivity (Wildman–Crippen MR) is 110 cm³/mol. The Morgan fingerprint density at radius 1 is 1.15 bits per heavy atom. The van der Waals surface area contributed by atoms with Crippen LogP contribution in [0.4, 0.5) is 0 Å². The van der Waals surface area contributed by atoms with Gasteiger partial charge in [-0.2, -0.15) is 4.52 Å². The van der Waals surface area contributed by atoms with Crippen molar-refractivity contribution in [1.82, 2.24) is 24.1 Å². The van der Waals surface area contributed by atoms with E-state index in [1.54, 1.807) is 0 Å². The topological polar surface area (TPSA) is 48.0 Å². The molecule has 0 saturated carbocycles. The number of fused-ring (bicyclic) bond motifs is 6. The van der Waals surface area contributed by atoms with Crippen LogP contribution in [0, 0.1) is 6.92 Å². The molecule has 1 aliphatic rings. The Bertz CT molecular complexity index is 1350. The average molecular weight is 373 g/mol. The highest BCUT2D eigenvalue weighted by atomic mass is 32.1. The third-order valence-electron chi connectivity index (χ3n) is 5.67. The molecule has 0 fully saturated rings. The highest BCUT2D eigenvalue weighted by Gasteiger charge is 2.24. The summed E-state index contributed by atoms with van der Waals surface area (Å²) in [5.41, 5.74) is 4.73. The predicted octanol–water partition coefficient (Wildman–Crippen LogP) is 4.78. The molecule has 5 aromatic rings. The van der Waals surface area contributed by atoms with Gasteiger partial charge in [0.2, 0.25) is 0 Å². The molecule has 0 amide bonds. The Morgan fingerprint density at radius 3 is 2.93 bits per heavy atom. The van der Waals surface area contributed by atoms with Crippen molar-refractivity contribution >= 4 is 38.1 Å². The highest BCUT2D eigenvalue weighted by molar-refractivity contribution is 7.19. The molecule has 0 aliphatic heterocycles. The minimum absolute atomic E-state index is 0.786. The summed E-state index contributed by atoms with van der Waals surface area (Å²) in [5, 5.41) is 7.29. The van der Waals surface area contributed by atoms with E-state index >= 15 is 0 Å². The molecular weight excluding hydrogens is 354 g/mol. The standard InChI is InChI=1S/C21H19N5S/c1-3-25-11-15(13-7-4-5-9-16(13)25)19-23-20-18-14-8-6-10-17(14)27-21(18)22-12(2)26(20)24-19/h4-5,7,9,11H,3,6,8,10H2,1-2H3. The van der Waals surface area contributed by atoms with Gasteiger partial charge in [0, 0.05) is 34.1 Å². The van der Waals surface area contributed by atoms with Gasteiger partial charge in [-0.3, -0.25) is 0 Å². The van der Waals surface area contributed by atoms with Crippen molar-refractivity contribution in [2.75, 3.05) is 0 Å². The molecule has 4 aromatic heterocycles. The molecule has 0 atom stereocenters. The van der Waals surface area contributed by atoms with Gasteiger partial charge in [-0.1, -0.05) is 18.2 Å². The van der Waals surface area contributed by atoms with Crippen molar-refractivity contribution in [3.63, 3.8) is 0 Å². The van der Waals surface area contributed by atoms with Gasteiger partial charge in [0.1, 0.15) is 10.7 Å². The lowest BCUT2D eigenvalue weighted by molar-refractivity contribution is 0.797. The number of para-hydroxylation sites is 1. The zero-order chi connectivity index (χ0) is 18.1. The summed E-state index contributed by atoms with van der Waals surface area (Å²) in [5.74, 6) is 1.68. The van der Waals surface area contributed by atoms with Crippen LogP contribution in [0.2, 0.25) is 0 Å². The van der Waals surface area contributed by atoms with E-state index in [9.17, 15) is 0 Å². The molecule has 27 heavy (non-hydrogen) atoms. The van der Waals surface area contributed by atoms with E-state index in [2.05, 4.69) is 42.0 Å². The largest absolute Gasteiger partial charge is 0.347 e. The fourth-order valence-corrected chi connectivity index (χ4v) is 5.70. The van der Waals surface area contributed by atoms with E-state index < -0.39 is 0 Å². The molecule has 0 unspecified atom stereocenters. The summed E-state index contributed by atoms with van der Waals surface area (Å²) < 4.78 is 4.19. The first-order chi connectivity index (χ1) is 13.2. The van der Waals surface area contributed by atoms with Gasteiger partial charge in [0.25, 0.3) is 0 Å². The molecule has 6 rings (SSSR count). The maximum atomic E-state index is 5.02. The number of hydrogen-bond donors (Lipinski definition) is 0. The number of hydrogen-bond acceptors (Lipinski definition) is 4. The van der Waals surface area contributed by atoms with Crippen LogP contribution in [-0.2, 0) is 19.4 Å². The molecule has 4 heterocycles. The second kappa shape index (κ2) is 5.39. The van der Waals surface area contributed by atoms with Gasteiger partial charge >= 0.3 is 0 Å². The normalized spacial score (nSPS) is 14.0. The summed E-state index contributed by atoms with van der Waals surface area (Å²) >= 11 is 1.83. The van der Waals surface area contributed by atoms with Crippen LogP contribution in [0.5, 0.6) is 0 Å². The molecule has 6 heteroatoms. The summed E-state index contributed by atoms with van der Waals surface area (Å²) in [6, 6.07) is 8.49. The summed E-state index contributed by atoms with van der Waals surface area (Å²) in [6.07, 6.45) is 5.72. The van der Waals surface area contributed by atoms with Crippen LogP contribution in [-0.4, -0.2) is 24.1 Å². The van der Waals surface area contributed by atoms with Crippen molar-refractivity contribution in [3.8, 4) is 11.4 Å². The number of thiophene rings is 1. The molecule has 134 valence electrons. The molecule has 0 N–H and O–H groups in total. The fourth-order valence-electron chi connectivity index (χ4n) is 4.39. The third-order valence-corrected chi connectivity index (χ3v) is 6.86. The van der Waals surface area contributed by atoms with Crippen molar-refractivity contribution in [2.45, 2.75) is 39.7 Å². The molecule has 0 radical (unpaired) electrons. The number of benzene rings is 1. The van der Waals surface area contributed by atoms with Crippen molar-refractivity contribution in [2.24, 2.45) is 0 Å². The van der Waals surface area contributed by atoms with E-state index in [1.807, 2.05) is 22.8 Å². The Morgan fingerprint density at radius 2 is 2.04 bits per heavy atom. The van der Waals surface area contributed by atoms with Crippen molar-refractivity contribution < 1.29 is 0 Å². The summed E-state index contributed by atoms with van der Waals surface area (Å²) in [7, 11) is 0. The SMILES string of the molecule is CCn1cc(-c2nc3c4c5c(sc4nc(C)n3n2)CCC5)c2ccccc21. The van der Waals surface area contributed by atoms with Gasteiger partial charge in [0.15, 0.2) is 11.5 Å². The Hall–Kier alpha value is -2.73. The van der Waals surface area contributed by atoms with Crippen molar-refractivity contribution in [1.29, 1.82) is 0 Å². The Balaban J connectivity index is 1.69. The van der Waals surface area contributed by atoms with E-state index in [4.69, 9.17) is 15.1 Å². The number of nitrogens with zero attached hydrogens (tertiary/aromatic N) is 5. The van der Waals surface area contributed by atoms with Crippen LogP contribution in [0.3, 0.4) is 0 Å². The zero-order valence-corrected chi connectivity index (χ0v) is 16.2. The first-order valence-corrected chi connectivity index (χ1v) is 10.3. The smallest absolute Gasteiger partial charge is 0.184 e. The van der Waals surface area contributed by atoms with Gasteiger partial charge in [0.05, 0.1) is 5.39 Å². The second-order valence-corrected chi connectivity index (χ2v) is 8.30. The molecule has 0 spiro atoms. The number of rotatable bonds is 2. The van der Waals surface area contributed by atoms with Crippen LogP contribution in [0.1, 0.15) is 29.6 Å². The van der Waals surface area contributed by atoms with Gasteiger partial charge in [-0.05, 0) is 44.7 Å². The lowest BCUT2D eigenvalue weighted by Crippen LogP contribution is -1.97.